The monoisotopic (exact) mass is 277 g/mol. The molecular formula is C15H23N3O2. The third-order valence-electron chi connectivity index (χ3n) is 3.77. The molecule has 5 heteroatoms. The first-order valence-electron chi connectivity index (χ1n) is 7.16. The number of ether oxygens (including phenoxy) is 1. The molecule has 0 bridgehead atoms. The van der Waals surface area contributed by atoms with Crippen LogP contribution in [0.15, 0.2) is 18.3 Å². The van der Waals surface area contributed by atoms with Crippen molar-refractivity contribution in [3.63, 3.8) is 0 Å². The van der Waals surface area contributed by atoms with Gasteiger partial charge in [0.2, 0.25) is 5.91 Å². The molecular weight excluding hydrogens is 254 g/mol. The van der Waals surface area contributed by atoms with Gasteiger partial charge in [0.15, 0.2) is 0 Å². The van der Waals surface area contributed by atoms with Gasteiger partial charge in [-0.3, -0.25) is 9.78 Å². The molecule has 3 N–H and O–H groups in total. The van der Waals surface area contributed by atoms with Crippen molar-refractivity contribution >= 4 is 5.91 Å². The van der Waals surface area contributed by atoms with Gasteiger partial charge in [0.25, 0.3) is 0 Å². The van der Waals surface area contributed by atoms with Crippen LogP contribution in [0.2, 0.25) is 0 Å². The molecule has 110 valence electrons. The molecule has 0 aliphatic carbocycles. The van der Waals surface area contributed by atoms with Crippen molar-refractivity contribution in [1.82, 2.24) is 10.3 Å². The fourth-order valence-corrected chi connectivity index (χ4v) is 2.58. The minimum absolute atomic E-state index is 0.111. The Morgan fingerprint density at radius 1 is 1.50 bits per heavy atom. The smallest absolute Gasteiger partial charge is 0.218 e. The Kier molecular flexibility index (Phi) is 5.49. The van der Waals surface area contributed by atoms with Crippen LogP contribution in [0.5, 0.6) is 0 Å². The summed E-state index contributed by atoms with van der Waals surface area (Å²) in [6.07, 6.45) is 4.18. The van der Waals surface area contributed by atoms with Crippen molar-refractivity contribution in [1.29, 1.82) is 0 Å². The van der Waals surface area contributed by atoms with Crippen LogP contribution >= 0.6 is 0 Å². The Labute approximate surface area is 119 Å². The molecule has 5 nitrogen and oxygen atoms in total. The highest BCUT2D eigenvalue weighted by atomic mass is 16.5. The lowest BCUT2D eigenvalue weighted by Gasteiger charge is -2.30. The number of nitrogens with two attached hydrogens (primary N) is 1. The lowest BCUT2D eigenvalue weighted by atomic mass is 9.89. The number of hydrogen-bond donors (Lipinski definition) is 2. The maximum Gasteiger partial charge on any atom is 0.218 e. The number of amides is 1. The van der Waals surface area contributed by atoms with Gasteiger partial charge < -0.3 is 15.8 Å². The van der Waals surface area contributed by atoms with Crippen molar-refractivity contribution in [2.24, 2.45) is 11.7 Å². The molecule has 2 rings (SSSR count). The van der Waals surface area contributed by atoms with E-state index in [1.807, 2.05) is 25.3 Å². The third-order valence-corrected chi connectivity index (χ3v) is 3.77. The van der Waals surface area contributed by atoms with Crippen molar-refractivity contribution in [2.75, 3.05) is 13.2 Å². The predicted octanol–water partition coefficient (Wildman–Crippen LogP) is 1.15. The molecule has 1 saturated heterocycles. The van der Waals surface area contributed by atoms with Crippen LogP contribution in [-0.4, -0.2) is 30.1 Å². The van der Waals surface area contributed by atoms with Crippen molar-refractivity contribution in [3.05, 3.63) is 29.6 Å². The summed E-state index contributed by atoms with van der Waals surface area (Å²) in [6.45, 7) is 4.21. The van der Waals surface area contributed by atoms with Gasteiger partial charge in [0.05, 0.1) is 5.69 Å². The average molecular weight is 277 g/mol. The number of nitrogens with one attached hydrogen (secondary N) is 1. The van der Waals surface area contributed by atoms with Crippen LogP contribution in [0.3, 0.4) is 0 Å². The summed E-state index contributed by atoms with van der Waals surface area (Å²) < 4.78 is 5.37. The second-order valence-corrected chi connectivity index (χ2v) is 5.43. The maximum atomic E-state index is 11.2. The first-order chi connectivity index (χ1) is 9.65. The summed E-state index contributed by atoms with van der Waals surface area (Å²) in [6, 6.07) is 4.16. The first-order valence-corrected chi connectivity index (χ1v) is 7.16. The zero-order valence-corrected chi connectivity index (χ0v) is 12.0. The molecule has 1 aliphatic heterocycles. The van der Waals surface area contributed by atoms with E-state index in [0.29, 0.717) is 18.9 Å². The van der Waals surface area contributed by atoms with Gasteiger partial charge in [-0.05, 0) is 37.3 Å². The summed E-state index contributed by atoms with van der Waals surface area (Å²) >= 11 is 0. The number of primary amides is 1. The van der Waals surface area contributed by atoms with E-state index in [1.54, 1.807) is 0 Å². The zero-order valence-electron chi connectivity index (χ0n) is 12.0. The molecule has 1 atom stereocenters. The number of aryl methyl sites for hydroxylation is 1. The second-order valence-electron chi connectivity index (χ2n) is 5.43. The fraction of sp³-hybridized carbons (Fsp3) is 0.600. The van der Waals surface area contributed by atoms with Crippen LogP contribution in [0.1, 0.15) is 30.5 Å². The molecule has 1 aliphatic rings. The van der Waals surface area contributed by atoms with E-state index in [1.165, 1.54) is 0 Å². The molecule has 1 amide bonds. The number of pyridine rings is 1. The standard InChI is InChI=1S/C15H23N3O2/c1-11-2-3-13(17-9-11)10-18-14(8-15(16)19)12-4-6-20-7-5-12/h2-3,9,12,14,18H,4-8,10H2,1H3,(H2,16,19). The average Bonchev–Trinajstić information content (AvgIpc) is 2.46. The van der Waals surface area contributed by atoms with E-state index in [0.717, 1.165) is 37.3 Å². The van der Waals surface area contributed by atoms with E-state index in [9.17, 15) is 4.79 Å². The van der Waals surface area contributed by atoms with Gasteiger partial charge in [-0.15, -0.1) is 0 Å². The molecule has 0 radical (unpaired) electrons. The lowest BCUT2D eigenvalue weighted by molar-refractivity contribution is -0.119. The van der Waals surface area contributed by atoms with Crippen molar-refractivity contribution in [3.8, 4) is 0 Å². The zero-order chi connectivity index (χ0) is 14.4. The molecule has 1 aromatic rings. The predicted molar refractivity (Wildman–Crippen MR) is 77.0 cm³/mol. The van der Waals surface area contributed by atoms with Crippen LogP contribution < -0.4 is 11.1 Å². The quantitative estimate of drug-likeness (QED) is 0.817. The van der Waals surface area contributed by atoms with E-state index < -0.39 is 0 Å². The van der Waals surface area contributed by atoms with Crippen molar-refractivity contribution in [2.45, 2.75) is 38.8 Å². The maximum absolute atomic E-state index is 11.2. The van der Waals surface area contributed by atoms with Gasteiger partial charge in [-0.1, -0.05) is 6.07 Å². The Morgan fingerprint density at radius 2 is 2.25 bits per heavy atom. The Bertz CT molecular complexity index is 427. The number of nitrogens with zero attached hydrogens (tertiary/aromatic N) is 1. The molecule has 0 spiro atoms. The lowest BCUT2D eigenvalue weighted by Crippen LogP contribution is -2.41. The number of hydrogen-bond acceptors (Lipinski definition) is 4. The fourth-order valence-electron chi connectivity index (χ4n) is 2.58. The third kappa shape index (κ3) is 4.58. The highest BCUT2D eigenvalue weighted by Gasteiger charge is 2.25. The van der Waals surface area contributed by atoms with E-state index in [4.69, 9.17) is 10.5 Å². The van der Waals surface area contributed by atoms with Gasteiger partial charge >= 0.3 is 0 Å². The number of rotatable bonds is 6. The molecule has 1 aromatic heterocycles. The van der Waals surface area contributed by atoms with Gasteiger partial charge in [-0.25, -0.2) is 0 Å². The van der Waals surface area contributed by atoms with Gasteiger partial charge in [0, 0.05) is 38.4 Å². The molecule has 1 unspecified atom stereocenters. The minimum Gasteiger partial charge on any atom is -0.381 e. The van der Waals surface area contributed by atoms with E-state index in [2.05, 4.69) is 10.3 Å². The molecule has 0 aromatic carbocycles. The topological polar surface area (TPSA) is 77.2 Å². The largest absolute Gasteiger partial charge is 0.381 e. The SMILES string of the molecule is Cc1ccc(CNC(CC(N)=O)C2CCOCC2)nc1. The highest BCUT2D eigenvalue weighted by molar-refractivity contribution is 5.74. The van der Waals surface area contributed by atoms with Crippen molar-refractivity contribution < 1.29 is 9.53 Å². The second kappa shape index (κ2) is 7.36. The minimum atomic E-state index is -0.258. The Balaban J connectivity index is 1.92. The van der Waals surface area contributed by atoms with Gasteiger partial charge in [-0.2, -0.15) is 0 Å². The summed E-state index contributed by atoms with van der Waals surface area (Å²) in [7, 11) is 0. The summed E-state index contributed by atoms with van der Waals surface area (Å²) in [5, 5.41) is 3.44. The number of aromatic nitrogens is 1. The highest BCUT2D eigenvalue weighted by Crippen LogP contribution is 2.21. The summed E-state index contributed by atoms with van der Waals surface area (Å²) in [5.74, 6) is 0.188. The van der Waals surface area contributed by atoms with Crippen LogP contribution in [0.25, 0.3) is 0 Å². The Hall–Kier alpha value is -1.46. The number of carbonyl (C=O) groups excluding carboxylic acids is 1. The summed E-state index contributed by atoms with van der Waals surface area (Å²) in [4.78, 5) is 15.6. The Morgan fingerprint density at radius 3 is 2.85 bits per heavy atom. The molecule has 1 fully saturated rings. The van der Waals surface area contributed by atoms with Crippen LogP contribution in [0.4, 0.5) is 0 Å². The van der Waals surface area contributed by atoms with Crippen LogP contribution in [-0.2, 0) is 16.1 Å². The molecule has 0 saturated carbocycles. The number of carbonyl (C=O) groups is 1. The van der Waals surface area contributed by atoms with Crippen LogP contribution in [0, 0.1) is 12.8 Å². The summed E-state index contributed by atoms with van der Waals surface area (Å²) in [5.41, 5.74) is 7.49. The molecule has 20 heavy (non-hydrogen) atoms. The van der Waals surface area contributed by atoms with E-state index >= 15 is 0 Å². The first kappa shape index (κ1) is 14.9. The van der Waals surface area contributed by atoms with E-state index in [-0.39, 0.29) is 11.9 Å². The van der Waals surface area contributed by atoms with Gasteiger partial charge in [0.1, 0.15) is 0 Å². The molecule has 2 heterocycles. The normalized spacial score (nSPS) is 17.9.